The summed E-state index contributed by atoms with van der Waals surface area (Å²) >= 11 is 0. The number of methoxy groups -OCH3 is 1. The predicted molar refractivity (Wildman–Crippen MR) is 118 cm³/mol. The van der Waals surface area contributed by atoms with E-state index in [0.29, 0.717) is 36.7 Å². The van der Waals surface area contributed by atoms with E-state index >= 15 is 0 Å². The van der Waals surface area contributed by atoms with Gasteiger partial charge in [-0.15, -0.1) is 0 Å². The number of hydrogen-bond acceptors (Lipinski definition) is 9. The van der Waals surface area contributed by atoms with Gasteiger partial charge in [-0.1, -0.05) is 18.2 Å². The number of nitrogens with two attached hydrogens (primary N) is 1. The summed E-state index contributed by atoms with van der Waals surface area (Å²) in [5.74, 6) is 2.67. The number of benzene rings is 1. The molecule has 1 fully saturated rings. The molecule has 0 aliphatic heterocycles. The minimum absolute atomic E-state index is 0.000854. The van der Waals surface area contributed by atoms with E-state index in [1.54, 1.807) is 7.11 Å². The molecule has 1 aromatic heterocycles. The number of ether oxygens (including phenoxy) is 1. The zero-order valence-corrected chi connectivity index (χ0v) is 17.4. The van der Waals surface area contributed by atoms with Crippen molar-refractivity contribution in [3.8, 4) is 5.75 Å². The normalized spacial score (nSPS) is 18.7. The second-order valence-electron chi connectivity index (χ2n) is 7.69. The fourth-order valence-electron chi connectivity index (χ4n) is 3.86. The van der Waals surface area contributed by atoms with Crippen molar-refractivity contribution < 1.29 is 9.94 Å². The second-order valence-corrected chi connectivity index (χ2v) is 7.69. The van der Waals surface area contributed by atoms with E-state index in [1.807, 2.05) is 24.3 Å². The summed E-state index contributed by atoms with van der Waals surface area (Å²) in [5, 5.41) is 27.1. The highest BCUT2D eigenvalue weighted by Gasteiger charge is 2.20. The number of nitrogens with zero attached hydrogens (tertiary/aromatic N) is 3. The lowest BCUT2D eigenvalue weighted by Crippen LogP contribution is -2.26. The lowest BCUT2D eigenvalue weighted by molar-refractivity contribution is 0.288. The highest BCUT2D eigenvalue weighted by atomic mass is 16.8. The van der Waals surface area contributed by atoms with Gasteiger partial charge in [-0.3, -0.25) is 5.21 Å². The van der Waals surface area contributed by atoms with Gasteiger partial charge in [-0.25, -0.2) is 4.98 Å². The number of rotatable bonds is 10. The first-order valence-corrected chi connectivity index (χ1v) is 10.4. The van der Waals surface area contributed by atoms with Crippen LogP contribution in [0.4, 0.5) is 17.5 Å². The molecule has 1 aromatic carbocycles. The van der Waals surface area contributed by atoms with Crippen molar-refractivity contribution in [1.29, 1.82) is 0 Å². The van der Waals surface area contributed by atoms with Crippen LogP contribution in [0.1, 0.15) is 31.2 Å². The molecule has 0 bridgehead atoms. The van der Waals surface area contributed by atoms with Gasteiger partial charge in [0.05, 0.1) is 13.3 Å². The minimum atomic E-state index is -0.202. The molecule has 1 aliphatic rings. The van der Waals surface area contributed by atoms with E-state index < -0.39 is 0 Å². The Morgan fingerprint density at radius 2 is 1.93 bits per heavy atom. The van der Waals surface area contributed by atoms with Crippen molar-refractivity contribution in [2.24, 2.45) is 17.6 Å². The summed E-state index contributed by atoms with van der Waals surface area (Å²) in [6, 6.07) is 7.84. The largest absolute Gasteiger partial charge is 0.733 e. The zero-order valence-electron chi connectivity index (χ0n) is 17.4. The molecule has 9 nitrogen and oxygen atoms in total. The van der Waals surface area contributed by atoms with Gasteiger partial charge in [0.25, 0.3) is 0 Å². The smallest absolute Gasteiger partial charge is 0.224 e. The molecule has 1 aliphatic carbocycles. The van der Waals surface area contributed by atoms with E-state index in [1.165, 1.54) is 6.20 Å². The molecule has 9 heteroatoms. The number of anilines is 3. The Kier molecular flexibility index (Phi) is 8.06. The lowest BCUT2D eigenvalue weighted by Gasteiger charge is -2.29. The summed E-state index contributed by atoms with van der Waals surface area (Å²) in [6.45, 7) is 2.04. The maximum Gasteiger partial charge on any atom is 0.224 e. The average molecular weight is 416 g/mol. The molecule has 0 radical (unpaired) electrons. The number of para-hydroxylation sites is 1. The van der Waals surface area contributed by atoms with Crippen molar-refractivity contribution >= 4 is 17.5 Å². The number of hydrogen-bond donors (Lipinski definition) is 4. The quantitative estimate of drug-likeness (QED) is 0.432. The molecule has 0 amide bonds. The van der Waals surface area contributed by atoms with Crippen LogP contribution in [0.5, 0.6) is 5.75 Å². The lowest BCUT2D eigenvalue weighted by atomic mass is 9.82. The summed E-state index contributed by atoms with van der Waals surface area (Å²) < 4.78 is 5.37. The molecule has 2 aromatic rings. The van der Waals surface area contributed by atoms with Gasteiger partial charge in [-0.05, 0) is 62.1 Å². The molecule has 164 valence electrons. The van der Waals surface area contributed by atoms with Crippen molar-refractivity contribution in [3.05, 3.63) is 41.2 Å². The third-order valence-corrected chi connectivity index (χ3v) is 5.70. The van der Waals surface area contributed by atoms with E-state index in [-0.39, 0.29) is 10.9 Å². The first-order chi connectivity index (χ1) is 14.6. The number of aromatic nitrogens is 2. The van der Waals surface area contributed by atoms with Crippen LogP contribution in [0.25, 0.3) is 0 Å². The fourth-order valence-corrected chi connectivity index (χ4v) is 3.86. The maximum atomic E-state index is 11.5. The van der Waals surface area contributed by atoms with Gasteiger partial charge in [0.15, 0.2) is 5.82 Å². The van der Waals surface area contributed by atoms with Crippen LogP contribution >= 0.6 is 0 Å². The van der Waals surface area contributed by atoms with E-state index in [4.69, 9.17) is 10.5 Å². The number of nitrogens with one attached hydrogen (secondary N) is 2. The third kappa shape index (κ3) is 5.94. The van der Waals surface area contributed by atoms with Crippen LogP contribution in [-0.4, -0.2) is 41.9 Å². The van der Waals surface area contributed by atoms with Gasteiger partial charge >= 0.3 is 0 Å². The topological polar surface area (TPSA) is 132 Å². The molecule has 5 N–H and O–H groups in total. The van der Waals surface area contributed by atoms with Crippen molar-refractivity contribution in [2.45, 2.75) is 32.1 Å². The molecule has 0 spiro atoms. The van der Waals surface area contributed by atoms with Gasteiger partial charge < -0.3 is 31.5 Å². The molecule has 30 heavy (non-hydrogen) atoms. The van der Waals surface area contributed by atoms with Crippen LogP contribution in [0, 0.1) is 17.0 Å². The van der Waals surface area contributed by atoms with Gasteiger partial charge in [0.2, 0.25) is 5.95 Å². The molecular formula is C21H31N6O3-. The van der Waals surface area contributed by atoms with Crippen LogP contribution in [0.3, 0.4) is 0 Å². The zero-order chi connectivity index (χ0) is 21.3. The molecule has 3 rings (SSSR count). The Morgan fingerprint density at radius 3 is 2.63 bits per heavy atom. The highest BCUT2D eigenvalue weighted by Crippen LogP contribution is 2.29. The van der Waals surface area contributed by atoms with Crippen LogP contribution in [0.2, 0.25) is 0 Å². The van der Waals surface area contributed by atoms with Crippen LogP contribution in [-0.2, 0) is 6.42 Å². The Labute approximate surface area is 177 Å². The predicted octanol–water partition coefficient (Wildman–Crippen LogP) is 3.01. The Balaban J connectivity index is 1.58. The van der Waals surface area contributed by atoms with Gasteiger partial charge in [-0.2, -0.15) is 4.98 Å². The van der Waals surface area contributed by atoms with Crippen molar-refractivity contribution in [1.82, 2.24) is 9.97 Å². The van der Waals surface area contributed by atoms with Crippen LogP contribution in [0.15, 0.2) is 30.5 Å². The SMILES string of the molecule is COc1ccccc1CCNc1ncc(N([O-])O)c(NCC2CCC(CN)CC2)n1. The first kappa shape index (κ1) is 22.1. The molecule has 0 unspecified atom stereocenters. The van der Waals surface area contributed by atoms with Gasteiger partial charge in [0.1, 0.15) is 11.4 Å². The molecule has 0 saturated heterocycles. The van der Waals surface area contributed by atoms with E-state index in [2.05, 4.69) is 20.6 Å². The minimum Gasteiger partial charge on any atom is -0.733 e. The molecular weight excluding hydrogens is 384 g/mol. The average Bonchev–Trinajstić information content (AvgIpc) is 2.78. The Morgan fingerprint density at radius 1 is 1.20 bits per heavy atom. The highest BCUT2D eigenvalue weighted by molar-refractivity contribution is 5.65. The molecule has 0 atom stereocenters. The third-order valence-electron chi connectivity index (χ3n) is 5.70. The molecule has 1 saturated carbocycles. The van der Waals surface area contributed by atoms with E-state index in [0.717, 1.165) is 50.0 Å². The maximum absolute atomic E-state index is 11.5. The summed E-state index contributed by atoms with van der Waals surface area (Å²) in [7, 11) is 1.65. The fraction of sp³-hybridized carbons (Fsp3) is 0.524. The second kappa shape index (κ2) is 11.0. The van der Waals surface area contributed by atoms with Crippen molar-refractivity contribution in [2.75, 3.05) is 42.6 Å². The monoisotopic (exact) mass is 415 g/mol. The summed E-state index contributed by atoms with van der Waals surface area (Å²) in [6.07, 6.45) is 6.50. The summed E-state index contributed by atoms with van der Waals surface area (Å²) in [4.78, 5) is 8.54. The van der Waals surface area contributed by atoms with E-state index in [9.17, 15) is 10.4 Å². The summed E-state index contributed by atoms with van der Waals surface area (Å²) in [5.41, 5.74) is 6.84. The standard InChI is InChI=1S/C21H31N6O3/c1-30-19-5-3-2-4-17(19)10-11-23-21-25-14-18(27(28)29)20(26-21)24-13-16-8-6-15(12-22)7-9-16/h2-5,14-16,28H,6-13,22H2,1H3,(H2,23,24,25,26)/q-1. The van der Waals surface area contributed by atoms with Gasteiger partial charge in [0, 0.05) is 13.1 Å². The first-order valence-electron chi connectivity index (χ1n) is 10.4. The van der Waals surface area contributed by atoms with Crippen LogP contribution < -0.4 is 26.3 Å². The van der Waals surface area contributed by atoms with Crippen molar-refractivity contribution in [3.63, 3.8) is 0 Å². The Bertz CT molecular complexity index is 796. The Hall–Kier alpha value is -2.62. The molecule has 1 heterocycles.